The van der Waals surface area contributed by atoms with Crippen LogP contribution in [-0.4, -0.2) is 15.7 Å². The minimum Gasteiger partial charge on any atom is -0.311 e. The van der Waals surface area contributed by atoms with Gasteiger partial charge in [-0.05, 0) is 30.4 Å². The summed E-state index contributed by atoms with van der Waals surface area (Å²) in [5.74, 6) is 1.16. The number of hydrogen-bond acceptors (Lipinski definition) is 2. The normalized spacial score (nSPS) is 16.9. The van der Waals surface area contributed by atoms with Crippen molar-refractivity contribution in [3.8, 4) is 0 Å². The lowest BCUT2D eigenvalue weighted by Gasteiger charge is -2.11. The predicted molar refractivity (Wildman–Crippen MR) is 90.6 cm³/mol. The first-order chi connectivity index (χ1) is 10.7. The van der Waals surface area contributed by atoms with E-state index in [1.165, 1.54) is 0 Å². The molecule has 0 spiro atoms. The zero-order valence-corrected chi connectivity index (χ0v) is 13.8. The van der Waals surface area contributed by atoms with Gasteiger partial charge in [0.25, 0.3) is 0 Å². The standard InChI is InChI=1S/C17H18BrN3O/c18-15-8-4-3-7-14(15)12-21-16(9-10-19-21)20-17(22)11-13-5-1-2-6-13/h1,3-5,7-10,13H,2,6,11-12H2,(H,20,22). The third kappa shape index (κ3) is 3.65. The van der Waals surface area contributed by atoms with Gasteiger partial charge in [-0.25, -0.2) is 4.68 Å². The van der Waals surface area contributed by atoms with Crippen LogP contribution in [0.25, 0.3) is 0 Å². The minimum atomic E-state index is 0.0467. The Labute approximate surface area is 138 Å². The van der Waals surface area contributed by atoms with Gasteiger partial charge in [0.2, 0.25) is 5.91 Å². The van der Waals surface area contributed by atoms with E-state index in [2.05, 4.69) is 38.5 Å². The number of aromatic nitrogens is 2. The number of nitrogens with one attached hydrogen (secondary N) is 1. The molecular weight excluding hydrogens is 342 g/mol. The number of anilines is 1. The monoisotopic (exact) mass is 359 g/mol. The van der Waals surface area contributed by atoms with Crippen molar-refractivity contribution < 1.29 is 4.79 Å². The fourth-order valence-corrected chi connectivity index (χ4v) is 3.06. The Morgan fingerprint density at radius 2 is 2.23 bits per heavy atom. The Balaban J connectivity index is 1.65. The zero-order chi connectivity index (χ0) is 15.4. The SMILES string of the molecule is O=C(CC1C=CCC1)Nc1ccnn1Cc1ccccc1Br. The Kier molecular flexibility index (Phi) is 4.73. The fourth-order valence-electron chi connectivity index (χ4n) is 2.65. The van der Waals surface area contributed by atoms with Crippen molar-refractivity contribution in [2.24, 2.45) is 5.92 Å². The number of amides is 1. The molecule has 114 valence electrons. The molecule has 22 heavy (non-hydrogen) atoms. The molecule has 1 heterocycles. The molecule has 1 aliphatic rings. The van der Waals surface area contributed by atoms with Gasteiger partial charge in [0.15, 0.2) is 0 Å². The van der Waals surface area contributed by atoms with E-state index in [1.807, 2.05) is 35.0 Å². The van der Waals surface area contributed by atoms with Crippen molar-refractivity contribution >= 4 is 27.7 Å². The molecule has 4 nitrogen and oxygen atoms in total. The van der Waals surface area contributed by atoms with Crippen molar-refractivity contribution in [3.05, 3.63) is 58.7 Å². The average molecular weight is 360 g/mol. The molecule has 1 unspecified atom stereocenters. The van der Waals surface area contributed by atoms with E-state index < -0.39 is 0 Å². The van der Waals surface area contributed by atoms with Crippen LogP contribution in [0, 0.1) is 5.92 Å². The number of hydrogen-bond donors (Lipinski definition) is 1. The summed E-state index contributed by atoms with van der Waals surface area (Å²) in [7, 11) is 0. The van der Waals surface area contributed by atoms with Crippen LogP contribution < -0.4 is 5.32 Å². The number of allylic oxidation sites excluding steroid dienone is 2. The van der Waals surface area contributed by atoms with E-state index in [0.29, 0.717) is 18.9 Å². The maximum absolute atomic E-state index is 12.1. The third-order valence-electron chi connectivity index (χ3n) is 3.82. The van der Waals surface area contributed by atoms with Gasteiger partial charge in [0.1, 0.15) is 5.82 Å². The molecule has 2 aromatic rings. The van der Waals surface area contributed by atoms with Gasteiger partial charge in [0.05, 0.1) is 12.7 Å². The second-order valence-corrected chi connectivity index (χ2v) is 6.34. The molecule has 5 heteroatoms. The molecular formula is C17H18BrN3O. The van der Waals surface area contributed by atoms with E-state index >= 15 is 0 Å². The van der Waals surface area contributed by atoms with Gasteiger partial charge >= 0.3 is 0 Å². The highest BCUT2D eigenvalue weighted by Gasteiger charge is 2.15. The third-order valence-corrected chi connectivity index (χ3v) is 4.60. The van der Waals surface area contributed by atoms with Crippen LogP contribution in [0.5, 0.6) is 0 Å². The number of nitrogens with zero attached hydrogens (tertiary/aromatic N) is 2. The Morgan fingerprint density at radius 3 is 3.00 bits per heavy atom. The van der Waals surface area contributed by atoms with E-state index in [-0.39, 0.29) is 5.91 Å². The molecule has 1 N–H and O–H groups in total. The van der Waals surface area contributed by atoms with E-state index in [9.17, 15) is 4.79 Å². The summed E-state index contributed by atoms with van der Waals surface area (Å²) in [4.78, 5) is 12.1. The Hall–Kier alpha value is -1.88. The number of halogens is 1. The van der Waals surface area contributed by atoms with Crippen molar-refractivity contribution in [2.75, 3.05) is 5.32 Å². The van der Waals surface area contributed by atoms with Gasteiger partial charge in [-0.15, -0.1) is 0 Å². The maximum atomic E-state index is 12.1. The summed E-state index contributed by atoms with van der Waals surface area (Å²) in [6, 6.07) is 9.85. The number of carbonyl (C=O) groups is 1. The van der Waals surface area contributed by atoms with Gasteiger partial charge in [0, 0.05) is 17.0 Å². The van der Waals surface area contributed by atoms with Crippen LogP contribution in [0.2, 0.25) is 0 Å². The molecule has 0 saturated carbocycles. The van der Waals surface area contributed by atoms with Crippen LogP contribution in [-0.2, 0) is 11.3 Å². The minimum absolute atomic E-state index is 0.0467. The topological polar surface area (TPSA) is 46.9 Å². The number of rotatable bonds is 5. The maximum Gasteiger partial charge on any atom is 0.226 e. The predicted octanol–water partition coefficient (Wildman–Crippen LogP) is 3.99. The molecule has 0 fully saturated rings. The summed E-state index contributed by atoms with van der Waals surface area (Å²) < 4.78 is 2.85. The molecule has 1 atom stereocenters. The first-order valence-electron chi connectivity index (χ1n) is 7.44. The van der Waals surface area contributed by atoms with Crippen LogP contribution in [0.15, 0.2) is 53.2 Å². The highest BCUT2D eigenvalue weighted by molar-refractivity contribution is 9.10. The van der Waals surface area contributed by atoms with Gasteiger partial charge in [-0.3, -0.25) is 4.79 Å². The van der Waals surface area contributed by atoms with E-state index in [1.54, 1.807) is 6.20 Å². The number of benzene rings is 1. The zero-order valence-electron chi connectivity index (χ0n) is 12.2. The molecule has 1 aromatic carbocycles. The van der Waals surface area contributed by atoms with Crippen LogP contribution in [0.3, 0.4) is 0 Å². The Bertz CT molecular complexity index is 693. The quantitative estimate of drug-likeness (QED) is 0.820. The molecule has 1 aliphatic carbocycles. The highest BCUT2D eigenvalue weighted by Crippen LogP contribution is 2.22. The van der Waals surface area contributed by atoms with Crippen molar-refractivity contribution in [3.63, 3.8) is 0 Å². The van der Waals surface area contributed by atoms with Crippen molar-refractivity contribution in [2.45, 2.75) is 25.8 Å². The van der Waals surface area contributed by atoms with E-state index in [0.717, 1.165) is 28.7 Å². The summed E-state index contributed by atoms with van der Waals surface area (Å²) >= 11 is 3.54. The summed E-state index contributed by atoms with van der Waals surface area (Å²) in [6.45, 7) is 0.618. The molecule has 1 amide bonds. The number of carbonyl (C=O) groups excluding carboxylic acids is 1. The molecule has 0 saturated heterocycles. The molecule has 0 bridgehead atoms. The summed E-state index contributed by atoms with van der Waals surface area (Å²) in [5.41, 5.74) is 1.13. The highest BCUT2D eigenvalue weighted by atomic mass is 79.9. The molecule has 3 rings (SSSR count). The second-order valence-electron chi connectivity index (χ2n) is 5.48. The Morgan fingerprint density at radius 1 is 1.36 bits per heavy atom. The summed E-state index contributed by atoms with van der Waals surface area (Å²) in [6.07, 6.45) is 8.69. The van der Waals surface area contributed by atoms with E-state index in [4.69, 9.17) is 0 Å². The van der Waals surface area contributed by atoms with Crippen LogP contribution >= 0.6 is 15.9 Å². The van der Waals surface area contributed by atoms with Crippen LogP contribution in [0.4, 0.5) is 5.82 Å². The lowest BCUT2D eigenvalue weighted by Crippen LogP contribution is -2.18. The van der Waals surface area contributed by atoms with Crippen LogP contribution in [0.1, 0.15) is 24.8 Å². The summed E-state index contributed by atoms with van der Waals surface area (Å²) in [5, 5.41) is 7.27. The average Bonchev–Trinajstić information content (AvgIpc) is 3.14. The van der Waals surface area contributed by atoms with Crippen molar-refractivity contribution in [1.82, 2.24) is 9.78 Å². The lowest BCUT2D eigenvalue weighted by molar-refractivity contribution is -0.116. The molecule has 1 aromatic heterocycles. The smallest absolute Gasteiger partial charge is 0.226 e. The molecule has 0 radical (unpaired) electrons. The van der Waals surface area contributed by atoms with Crippen molar-refractivity contribution in [1.29, 1.82) is 0 Å². The van der Waals surface area contributed by atoms with Gasteiger partial charge in [-0.2, -0.15) is 5.10 Å². The first-order valence-corrected chi connectivity index (χ1v) is 8.23. The lowest BCUT2D eigenvalue weighted by atomic mass is 10.1. The van der Waals surface area contributed by atoms with Gasteiger partial charge in [-0.1, -0.05) is 46.3 Å². The largest absolute Gasteiger partial charge is 0.311 e. The first kappa shape index (κ1) is 15.0. The fraction of sp³-hybridized carbons (Fsp3) is 0.294. The van der Waals surface area contributed by atoms with Gasteiger partial charge < -0.3 is 5.32 Å². The molecule has 0 aliphatic heterocycles. The second kappa shape index (κ2) is 6.92.